The third-order valence-electron chi connectivity index (χ3n) is 3.80. The van der Waals surface area contributed by atoms with E-state index in [4.69, 9.17) is 0 Å². The van der Waals surface area contributed by atoms with Gasteiger partial charge in [-0.25, -0.2) is 0 Å². The minimum absolute atomic E-state index is 0.206. The van der Waals surface area contributed by atoms with Gasteiger partial charge in [0.25, 0.3) is 15.7 Å². The van der Waals surface area contributed by atoms with E-state index in [1.54, 1.807) is 13.8 Å². The zero-order valence-corrected chi connectivity index (χ0v) is 15.0. The topological polar surface area (TPSA) is 102 Å². The summed E-state index contributed by atoms with van der Waals surface area (Å²) in [7, 11) is -3.99. The van der Waals surface area contributed by atoms with Gasteiger partial charge in [0.05, 0.1) is 15.5 Å². The summed E-state index contributed by atoms with van der Waals surface area (Å²) in [5.74, 6) is 0. The van der Waals surface area contributed by atoms with Gasteiger partial charge in [-0.1, -0.05) is 37.3 Å². The predicted molar refractivity (Wildman–Crippen MR) is 96.2 cm³/mol. The summed E-state index contributed by atoms with van der Waals surface area (Å²) in [6, 6.07) is 11.4. The number of sulfonamides is 1. The van der Waals surface area contributed by atoms with Gasteiger partial charge in [-0.05, 0) is 37.5 Å². The Hall–Kier alpha value is -2.74. The lowest BCUT2D eigenvalue weighted by molar-refractivity contribution is -0.385. The summed E-state index contributed by atoms with van der Waals surface area (Å²) in [6.45, 7) is 5.27. The van der Waals surface area contributed by atoms with Crippen molar-refractivity contribution >= 4 is 21.4 Å². The van der Waals surface area contributed by atoms with Crippen LogP contribution in [0, 0.1) is 17.0 Å². The number of hydrazone groups is 1. The number of rotatable bonds is 6. The van der Waals surface area contributed by atoms with E-state index in [1.165, 1.54) is 17.7 Å². The first-order chi connectivity index (χ1) is 11.7. The molecule has 8 heteroatoms. The smallest absolute Gasteiger partial charge is 0.258 e. The summed E-state index contributed by atoms with van der Waals surface area (Å²) in [5, 5.41) is 14.9. The molecular formula is C17H19N3O4S. The largest absolute Gasteiger partial charge is 0.276 e. The maximum absolute atomic E-state index is 12.3. The Morgan fingerprint density at radius 3 is 2.40 bits per heavy atom. The average molecular weight is 361 g/mol. The van der Waals surface area contributed by atoms with Crippen molar-refractivity contribution < 1.29 is 13.3 Å². The normalized spacial score (nSPS) is 12.0. The van der Waals surface area contributed by atoms with E-state index in [-0.39, 0.29) is 10.6 Å². The standard InChI is InChI=1S/C17H19N3O4S/c1-4-14-6-8-15(9-7-14)13(3)18-19-25(23,24)16-10-5-12(2)17(11-16)20(21)22/h5-11,19H,4H2,1-3H3/b18-13-. The monoisotopic (exact) mass is 361 g/mol. The number of benzene rings is 2. The van der Waals surface area contributed by atoms with Gasteiger partial charge in [0.2, 0.25) is 0 Å². The van der Waals surface area contributed by atoms with E-state index in [9.17, 15) is 18.5 Å². The minimum Gasteiger partial charge on any atom is -0.258 e. The molecule has 0 fully saturated rings. The fraction of sp³-hybridized carbons (Fsp3) is 0.235. The molecule has 0 heterocycles. The highest BCUT2D eigenvalue weighted by Crippen LogP contribution is 2.22. The van der Waals surface area contributed by atoms with Crippen LogP contribution in [0.5, 0.6) is 0 Å². The summed E-state index contributed by atoms with van der Waals surface area (Å²) in [5.41, 5.74) is 2.59. The molecule has 0 aliphatic heterocycles. The molecule has 0 amide bonds. The molecule has 2 rings (SSSR count). The molecule has 0 bridgehead atoms. The van der Waals surface area contributed by atoms with Crippen LogP contribution >= 0.6 is 0 Å². The highest BCUT2D eigenvalue weighted by Gasteiger charge is 2.19. The van der Waals surface area contributed by atoms with Crippen LogP contribution in [0.15, 0.2) is 52.5 Å². The Morgan fingerprint density at radius 2 is 1.84 bits per heavy atom. The van der Waals surface area contributed by atoms with E-state index in [2.05, 4.69) is 9.93 Å². The molecule has 0 unspecified atom stereocenters. The van der Waals surface area contributed by atoms with E-state index in [1.807, 2.05) is 31.2 Å². The molecule has 2 aromatic carbocycles. The predicted octanol–water partition coefficient (Wildman–Crippen LogP) is 3.17. The van der Waals surface area contributed by atoms with Crippen LogP contribution in [0.25, 0.3) is 0 Å². The highest BCUT2D eigenvalue weighted by molar-refractivity contribution is 7.89. The van der Waals surface area contributed by atoms with Gasteiger partial charge in [-0.3, -0.25) is 10.1 Å². The number of nitrogens with zero attached hydrogens (tertiary/aromatic N) is 2. The molecule has 2 aromatic rings. The minimum atomic E-state index is -3.99. The Balaban J connectivity index is 2.25. The fourth-order valence-corrected chi connectivity index (χ4v) is 3.06. The quantitative estimate of drug-likeness (QED) is 0.485. The lowest BCUT2D eigenvalue weighted by Crippen LogP contribution is -2.20. The Bertz CT molecular complexity index is 919. The van der Waals surface area contributed by atoms with Crippen molar-refractivity contribution in [1.82, 2.24) is 4.83 Å². The maximum atomic E-state index is 12.3. The van der Waals surface area contributed by atoms with Gasteiger partial charge < -0.3 is 0 Å². The van der Waals surface area contributed by atoms with E-state index in [0.717, 1.165) is 18.1 Å². The number of nitro benzene ring substituents is 1. The number of nitrogens with one attached hydrogen (secondary N) is 1. The Labute approximate surface area is 146 Å². The van der Waals surface area contributed by atoms with E-state index >= 15 is 0 Å². The lowest BCUT2D eigenvalue weighted by atomic mass is 10.1. The van der Waals surface area contributed by atoms with E-state index in [0.29, 0.717) is 11.3 Å². The van der Waals surface area contributed by atoms with Gasteiger partial charge in [0, 0.05) is 11.6 Å². The van der Waals surface area contributed by atoms with Crippen molar-refractivity contribution in [2.45, 2.75) is 32.1 Å². The van der Waals surface area contributed by atoms with Crippen molar-refractivity contribution in [3.63, 3.8) is 0 Å². The second-order valence-corrected chi connectivity index (χ2v) is 7.21. The van der Waals surface area contributed by atoms with Gasteiger partial charge >= 0.3 is 0 Å². The maximum Gasteiger partial charge on any atom is 0.276 e. The third kappa shape index (κ3) is 4.42. The van der Waals surface area contributed by atoms with Crippen molar-refractivity contribution in [3.05, 3.63) is 69.3 Å². The first kappa shape index (κ1) is 18.6. The van der Waals surface area contributed by atoms with Crippen LogP contribution in [-0.2, 0) is 16.4 Å². The Morgan fingerprint density at radius 1 is 1.20 bits per heavy atom. The zero-order valence-electron chi connectivity index (χ0n) is 14.2. The van der Waals surface area contributed by atoms with Crippen molar-refractivity contribution in [1.29, 1.82) is 0 Å². The van der Waals surface area contributed by atoms with Crippen LogP contribution in [0.2, 0.25) is 0 Å². The highest BCUT2D eigenvalue weighted by atomic mass is 32.2. The van der Waals surface area contributed by atoms with Crippen LogP contribution in [0.4, 0.5) is 5.69 Å². The number of nitro groups is 1. The molecule has 0 saturated heterocycles. The number of hydrogen-bond acceptors (Lipinski definition) is 5. The van der Waals surface area contributed by atoms with Crippen LogP contribution in [0.3, 0.4) is 0 Å². The molecule has 7 nitrogen and oxygen atoms in total. The molecule has 0 spiro atoms. The second-order valence-electron chi connectivity index (χ2n) is 5.55. The number of hydrogen-bond donors (Lipinski definition) is 1. The SMILES string of the molecule is CCc1ccc(/C(C)=N\NS(=O)(=O)c2ccc(C)c([N+](=O)[O-])c2)cc1. The van der Waals surface area contributed by atoms with Gasteiger partial charge in [-0.2, -0.15) is 18.4 Å². The summed E-state index contributed by atoms with van der Waals surface area (Å²) in [4.78, 5) is 12.3. The second kappa shape index (κ2) is 7.43. The first-order valence-electron chi connectivity index (χ1n) is 7.65. The fourth-order valence-electron chi connectivity index (χ4n) is 2.18. The Kier molecular flexibility index (Phi) is 5.53. The first-order valence-corrected chi connectivity index (χ1v) is 9.13. The molecule has 0 saturated carbocycles. The molecule has 0 aromatic heterocycles. The summed E-state index contributed by atoms with van der Waals surface area (Å²) < 4.78 is 24.6. The van der Waals surface area contributed by atoms with Crippen LogP contribution < -0.4 is 4.83 Å². The van der Waals surface area contributed by atoms with Crippen LogP contribution in [0.1, 0.15) is 30.5 Å². The molecule has 25 heavy (non-hydrogen) atoms. The van der Waals surface area contributed by atoms with Gasteiger partial charge in [0.15, 0.2) is 0 Å². The third-order valence-corrected chi connectivity index (χ3v) is 5.01. The van der Waals surface area contributed by atoms with E-state index < -0.39 is 14.9 Å². The molecule has 0 aliphatic carbocycles. The zero-order chi connectivity index (χ0) is 18.6. The molecule has 132 valence electrons. The van der Waals surface area contributed by atoms with Crippen LogP contribution in [-0.4, -0.2) is 19.1 Å². The number of aryl methyl sites for hydroxylation is 2. The van der Waals surface area contributed by atoms with Crippen molar-refractivity contribution in [2.24, 2.45) is 5.10 Å². The lowest BCUT2D eigenvalue weighted by Gasteiger charge is -2.07. The van der Waals surface area contributed by atoms with Gasteiger partial charge in [0.1, 0.15) is 0 Å². The van der Waals surface area contributed by atoms with Crippen molar-refractivity contribution in [3.8, 4) is 0 Å². The molecule has 0 aliphatic rings. The molecule has 0 atom stereocenters. The molecule has 1 N–H and O–H groups in total. The average Bonchev–Trinajstić information content (AvgIpc) is 2.59. The molecular weight excluding hydrogens is 342 g/mol. The van der Waals surface area contributed by atoms with Gasteiger partial charge in [-0.15, -0.1) is 0 Å². The van der Waals surface area contributed by atoms with Crippen molar-refractivity contribution in [2.75, 3.05) is 0 Å². The summed E-state index contributed by atoms with van der Waals surface area (Å²) in [6.07, 6.45) is 0.912. The summed E-state index contributed by atoms with van der Waals surface area (Å²) >= 11 is 0. The molecule has 0 radical (unpaired) electrons.